The van der Waals surface area contributed by atoms with Gasteiger partial charge in [0.05, 0.1) is 17.0 Å². The van der Waals surface area contributed by atoms with Crippen molar-refractivity contribution in [2.24, 2.45) is 12.8 Å². The second-order valence-corrected chi connectivity index (χ2v) is 3.57. The molecule has 0 spiro atoms. The van der Waals surface area contributed by atoms with Crippen LogP contribution in [0, 0.1) is 13.8 Å². The number of hydrogen-bond donors (Lipinski definition) is 1. The number of nitrogens with zero attached hydrogens (tertiary/aromatic N) is 3. The van der Waals surface area contributed by atoms with E-state index in [0.717, 1.165) is 16.7 Å². The number of hydrogen-bond acceptors (Lipinski definition) is 3. The molecular formula is C10H12N4O. The third-order valence-electron chi connectivity index (χ3n) is 2.45. The molecule has 2 N–H and O–H groups in total. The van der Waals surface area contributed by atoms with Crippen LogP contribution in [0.5, 0.6) is 0 Å². The SMILES string of the molecule is Cc1nc2c(cc1C(N)=O)c(C)nn2C. The molecule has 2 rings (SSSR count). The topological polar surface area (TPSA) is 73.8 Å². The Morgan fingerprint density at radius 2 is 2.07 bits per heavy atom. The summed E-state index contributed by atoms with van der Waals surface area (Å²) in [6.45, 7) is 3.64. The van der Waals surface area contributed by atoms with Gasteiger partial charge in [-0.3, -0.25) is 9.48 Å². The van der Waals surface area contributed by atoms with Crippen molar-refractivity contribution < 1.29 is 4.79 Å². The van der Waals surface area contributed by atoms with Crippen molar-refractivity contribution in [3.8, 4) is 0 Å². The first kappa shape index (κ1) is 9.64. The maximum atomic E-state index is 11.1. The first-order valence-corrected chi connectivity index (χ1v) is 4.61. The summed E-state index contributed by atoms with van der Waals surface area (Å²) in [6.07, 6.45) is 0. The van der Waals surface area contributed by atoms with E-state index in [9.17, 15) is 4.79 Å². The van der Waals surface area contributed by atoms with Crippen LogP contribution in [0.2, 0.25) is 0 Å². The average Bonchev–Trinajstić information content (AvgIpc) is 2.41. The Morgan fingerprint density at radius 3 is 2.67 bits per heavy atom. The van der Waals surface area contributed by atoms with E-state index in [1.54, 1.807) is 17.7 Å². The fourth-order valence-electron chi connectivity index (χ4n) is 1.68. The summed E-state index contributed by atoms with van der Waals surface area (Å²) >= 11 is 0. The lowest BCUT2D eigenvalue weighted by atomic mass is 10.1. The molecule has 2 heterocycles. The molecule has 0 unspecified atom stereocenters. The Bertz CT molecular complexity index is 556. The predicted octanol–water partition coefficient (Wildman–Crippen LogP) is 0.684. The van der Waals surface area contributed by atoms with Crippen molar-refractivity contribution in [3.63, 3.8) is 0 Å². The van der Waals surface area contributed by atoms with Crippen LogP contribution in [0.4, 0.5) is 0 Å². The van der Waals surface area contributed by atoms with Crippen molar-refractivity contribution in [1.82, 2.24) is 14.8 Å². The highest BCUT2D eigenvalue weighted by Gasteiger charge is 2.12. The third kappa shape index (κ3) is 1.36. The van der Waals surface area contributed by atoms with Crippen LogP contribution in [0.1, 0.15) is 21.7 Å². The van der Waals surface area contributed by atoms with E-state index >= 15 is 0 Å². The Kier molecular flexibility index (Phi) is 1.96. The van der Waals surface area contributed by atoms with E-state index < -0.39 is 5.91 Å². The Balaban J connectivity index is 2.85. The molecule has 1 amide bonds. The van der Waals surface area contributed by atoms with Crippen LogP contribution in [0.25, 0.3) is 11.0 Å². The summed E-state index contributed by atoms with van der Waals surface area (Å²) in [7, 11) is 1.83. The number of fused-ring (bicyclic) bond motifs is 1. The fourth-order valence-corrected chi connectivity index (χ4v) is 1.68. The van der Waals surface area contributed by atoms with E-state index in [-0.39, 0.29) is 0 Å². The fraction of sp³-hybridized carbons (Fsp3) is 0.300. The molecule has 0 radical (unpaired) electrons. The molecule has 5 heteroatoms. The van der Waals surface area contributed by atoms with E-state index in [1.807, 2.05) is 14.0 Å². The van der Waals surface area contributed by atoms with E-state index in [0.29, 0.717) is 11.3 Å². The maximum Gasteiger partial charge on any atom is 0.250 e. The number of amides is 1. The minimum absolute atomic E-state index is 0.454. The standard InChI is InChI=1S/C10H12N4O/c1-5-7(9(11)15)4-8-6(2)13-14(3)10(8)12-5/h4H,1-3H3,(H2,11,15). The van der Waals surface area contributed by atoms with Gasteiger partial charge >= 0.3 is 0 Å². The lowest BCUT2D eigenvalue weighted by molar-refractivity contribution is 0.0999. The summed E-state index contributed by atoms with van der Waals surface area (Å²) < 4.78 is 1.70. The molecule has 0 aliphatic rings. The molecule has 0 aromatic carbocycles. The number of rotatable bonds is 1. The molecule has 0 fully saturated rings. The van der Waals surface area contributed by atoms with Crippen LogP contribution >= 0.6 is 0 Å². The first-order valence-electron chi connectivity index (χ1n) is 4.61. The molecule has 0 atom stereocenters. The zero-order chi connectivity index (χ0) is 11.2. The van der Waals surface area contributed by atoms with Gasteiger partial charge in [0.2, 0.25) is 0 Å². The average molecular weight is 204 g/mol. The lowest BCUT2D eigenvalue weighted by Crippen LogP contribution is -2.13. The monoisotopic (exact) mass is 204 g/mol. The lowest BCUT2D eigenvalue weighted by Gasteiger charge is -2.01. The van der Waals surface area contributed by atoms with Gasteiger partial charge in [-0.05, 0) is 19.9 Å². The number of primary amides is 1. The molecule has 2 aromatic rings. The quantitative estimate of drug-likeness (QED) is 0.742. The molecule has 0 aliphatic carbocycles. The molecule has 78 valence electrons. The maximum absolute atomic E-state index is 11.1. The number of aromatic nitrogens is 3. The van der Waals surface area contributed by atoms with Gasteiger partial charge in [0, 0.05) is 12.4 Å². The summed E-state index contributed by atoms with van der Waals surface area (Å²) in [6, 6.07) is 1.75. The zero-order valence-corrected chi connectivity index (χ0v) is 8.90. The van der Waals surface area contributed by atoms with Gasteiger partial charge in [0.1, 0.15) is 0 Å². The van der Waals surface area contributed by atoms with Crippen molar-refractivity contribution in [1.29, 1.82) is 0 Å². The molecule has 0 aliphatic heterocycles. The van der Waals surface area contributed by atoms with Crippen LogP contribution in [0.15, 0.2) is 6.07 Å². The number of pyridine rings is 1. The van der Waals surface area contributed by atoms with Crippen LogP contribution in [0.3, 0.4) is 0 Å². The number of nitrogens with two attached hydrogens (primary N) is 1. The minimum Gasteiger partial charge on any atom is -0.366 e. The molecule has 15 heavy (non-hydrogen) atoms. The largest absolute Gasteiger partial charge is 0.366 e. The predicted molar refractivity (Wildman–Crippen MR) is 56.5 cm³/mol. The van der Waals surface area contributed by atoms with Crippen LogP contribution < -0.4 is 5.73 Å². The van der Waals surface area contributed by atoms with E-state index in [4.69, 9.17) is 5.73 Å². The minimum atomic E-state index is -0.454. The van der Waals surface area contributed by atoms with E-state index in [1.165, 1.54) is 0 Å². The van der Waals surface area contributed by atoms with Crippen LogP contribution in [-0.2, 0) is 7.05 Å². The second kappa shape index (κ2) is 3.05. The molecule has 0 saturated carbocycles. The van der Waals surface area contributed by atoms with Gasteiger partial charge in [-0.25, -0.2) is 4.98 Å². The van der Waals surface area contributed by atoms with Gasteiger partial charge in [-0.15, -0.1) is 0 Å². The highest BCUT2D eigenvalue weighted by atomic mass is 16.1. The molecule has 2 aromatic heterocycles. The smallest absolute Gasteiger partial charge is 0.250 e. The van der Waals surface area contributed by atoms with Gasteiger partial charge in [0.15, 0.2) is 5.65 Å². The van der Waals surface area contributed by atoms with Gasteiger partial charge < -0.3 is 5.73 Å². The molecular weight excluding hydrogens is 192 g/mol. The van der Waals surface area contributed by atoms with Gasteiger partial charge in [0.25, 0.3) is 5.91 Å². The number of carbonyl (C=O) groups excluding carboxylic acids is 1. The summed E-state index contributed by atoms with van der Waals surface area (Å²) in [5.74, 6) is -0.454. The summed E-state index contributed by atoms with van der Waals surface area (Å²) in [5, 5.41) is 5.11. The Hall–Kier alpha value is -1.91. The Morgan fingerprint density at radius 1 is 1.40 bits per heavy atom. The van der Waals surface area contributed by atoms with Crippen LogP contribution in [-0.4, -0.2) is 20.7 Å². The van der Waals surface area contributed by atoms with Crippen molar-refractivity contribution >= 4 is 16.9 Å². The Labute approximate surface area is 86.9 Å². The first-order chi connectivity index (χ1) is 7.00. The second-order valence-electron chi connectivity index (χ2n) is 3.57. The molecule has 0 bridgehead atoms. The van der Waals surface area contributed by atoms with E-state index in [2.05, 4.69) is 10.1 Å². The normalized spacial score (nSPS) is 10.9. The highest BCUT2D eigenvalue weighted by Crippen LogP contribution is 2.18. The van der Waals surface area contributed by atoms with Crippen molar-refractivity contribution in [2.45, 2.75) is 13.8 Å². The number of aryl methyl sites for hydroxylation is 3. The summed E-state index contributed by atoms with van der Waals surface area (Å²) in [5.41, 5.74) is 7.97. The highest BCUT2D eigenvalue weighted by molar-refractivity contribution is 5.97. The van der Waals surface area contributed by atoms with Crippen molar-refractivity contribution in [2.75, 3.05) is 0 Å². The van der Waals surface area contributed by atoms with Gasteiger partial charge in [-0.2, -0.15) is 5.10 Å². The zero-order valence-electron chi connectivity index (χ0n) is 8.90. The number of carbonyl (C=O) groups is 1. The summed E-state index contributed by atoms with van der Waals surface area (Å²) in [4.78, 5) is 15.5. The molecule has 0 saturated heterocycles. The third-order valence-corrected chi connectivity index (χ3v) is 2.45. The van der Waals surface area contributed by atoms with Gasteiger partial charge in [-0.1, -0.05) is 0 Å². The van der Waals surface area contributed by atoms with Crippen molar-refractivity contribution in [3.05, 3.63) is 23.0 Å². The molecule has 5 nitrogen and oxygen atoms in total.